The van der Waals surface area contributed by atoms with Gasteiger partial charge in [0.25, 0.3) is 5.91 Å². The zero-order chi connectivity index (χ0) is 14.3. The number of nitrogens with one attached hydrogen (secondary N) is 2. The van der Waals surface area contributed by atoms with Crippen LogP contribution in [0.3, 0.4) is 0 Å². The van der Waals surface area contributed by atoms with E-state index in [2.05, 4.69) is 10.6 Å². The van der Waals surface area contributed by atoms with E-state index in [0.717, 1.165) is 0 Å². The molecule has 0 bridgehead atoms. The van der Waals surface area contributed by atoms with Crippen LogP contribution in [0.15, 0.2) is 17.5 Å². The molecule has 0 aliphatic carbocycles. The molecule has 0 aliphatic heterocycles. The number of carbonyl (C=O) groups excluding carboxylic acids is 2. The lowest BCUT2D eigenvalue weighted by Crippen LogP contribution is -2.38. The minimum Gasteiger partial charge on any atom is -0.393 e. The third kappa shape index (κ3) is 5.85. The first kappa shape index (κ1) is 15.7. The third-order valence-electron chi connectivity index (χ3n) is 2.69. The van der Waals surface area contributed by atoms with E-state index in [4.69, 9.17) is 0 Å². The third-order valence-corrected chi connectivity index (χ3v) is 3.55. The number of aliphatic hydroxyl groups is 1. The quantitative estimate of drug-likeness (QED) is 0.699. The Balaban J connectivity index is 2.16. The fourth-order valence-electron chi connectivity index (χ4n) is 1.41. The Kier molecular flexibility index (Phi) is 6.52. The summed E-state index contributed by atoms with van der Waals surface area (Å²) in [6.45, 7) is 4.21. The molecule has 19 heavy (non-hydrogen) atoms. The lowest BCUT2D eigenvalue weighted by Gasteiger charge is -2.14. The molecule has 0 radical (unpaired) electrons. The highest BCUT2D eigenvalue weighted by Crippen LogP contribution is 2.07. The first-order valence-electron chi connectivity index (χ1n) is 6.27. The van der Waals surface area contributed by atoms with E-state index in [1.165, 1.54) is 11.3 Å². The van der Waals surface area contributed by atoms with E-state index in [9.17, 15) is 14.7 Å². The molecule has 1 rings (SSSR count). The normalized spacial score (nSPS) is 12.2. The van der Waals surface area contributed by atoms with Crippen LogP contribution in [-0.2, 0) is 4.79 Å². The number of aliphatic hydroxyl groups excluding tert-OH is 1. The summed E-state index contributed by atoms with van der Waals surface area (Å²) in [4.78, 5) is 23.6. The largest absolute Gasteiger partial charge is 0.393 e. The highest BCUT2D eigenvalue weighted by Gasteiger charge is 2.11. The van der Waals surface area contributed by atoms with Gasteiger partial charge in [-0.1, -0.05) is 19.9 Å². The molecule has 1 unspecified atom stereocenters. The Morgan fingerprint density at radius 2 is 2.11 bits per heavy atom. The van der Waals surface area contributed by atoms with Gasteiger partial charge in [0, 0.05) is 6.54 Å². The maximum atomic E-state index is 11.6. The first-order valence-corrected chi connectivity index (χ1v) is 7.15. The summed E-state index contributed by atoms with van der Waals surface area (Å²) >= 11 is 1.33. The van der Waals surface area contributed by atoms with Gasteiger partial charge in [-0.15, -0.1) is 11.3 Å². The molecule has 1 heterocycles. The van der Waals surface area contributed by atoms with E-state index in [1.807, 2.05) is 19.2 Å². The van der Waals surface area contributed by atoms with E-state index < -0.39 is 6.10 Å². The molecule has 5 nitrogen and oxygen atoms in total. The zero-order valence-electron chi connectivity index (χ0n) is 11.2. The zero-order valence-corrected chi connectivity index (χ0v) is 12.0. The van der Waals surface area contributed by atoms with Crippen LogP contribution in [0.1, 0.15) is 29.9 Å². The van der Waals surface area contributed by atoms with E-state index in [1.54, 1.807) is 12.1 Å². The van der Waals surface area contributed by atoms with Crippen molar-refractivity contribution in [2.75, 3.05) is 13.1 Å². The maximum Gasteiger partial charge on any atom is 0.261 e. The fourth-order valence-corrected chi connectivity index (χ4v) is 2.05. The smallest absolute Gasteiger partial charge is 0.261 e. The van der Waals surface area contributed by atoms with Gasteiger partial charge in [-0.05, 0) is 23.8 Å². The predicted molar refractivity (Wildman–Crippen MR) is 75.1 cm³/mol. The van der Waals surface area contributed by atoms with Crippen molar-refractivity contribution in [3.63, 3.8) is 0 Å². The van der Waals surface area contributed by atoms with Crippen molar-refractivity contribution in [1.29, 1.82) is 0 Å². The molecule has 0 spiro atoms. The number of hydrogen-bond acceptors (Lipinski definition) is 4. The highest BCUT2D eigenvalue weighted by molar-refractivity contribution is 7.12. The van der Waals surface area contributed by atoms with Crippen LogP contribution in [0.5, 0.6) is 0 Å². The van der Waals surface area contributed by atoms with Crippen molar-refractivity contribution in [3.8, 4) is 0 Å². The van der Waals surface area contributed by atoms with Crippen molar-refractivity contribution in [2.45, 2.75) is 26.4 Å². The molecule has 2 amide bonds. The first-order chi connectivity index (χ1) is 9.00. The lowest BCUT2D eigenvalue weighted by atomic mass is 10.0. The molecule has 1 atom stereocenters. The number of thiophene rings is 1. The molecular formula is C13H20N2O3S. The maximum absolute atomic E-state index is 11.6. The van der Waals surface area contributed by atoms with Crippen LogP contribution < -0.4 is 10.6 Å². The van der Waals surface area contributed by atoms with Crippen molar-refractivity contribution < 1.29 is 14.7 Å². The standard InChI is InChI=1S/C13H20N2O3S/c1-9(2)10(16)5-6-14-12(17)8-15-13(18)11-4-3-7-19-11/h3-4,7,9-10,16H,5-6,8H2,1-2H3,(H,14,17)(H,15,18). The Morgan fingerprint density at radius 3 is 2.68 bits per heavy atom. The second-order valence-electron chi connectivity index (χ2n) is 4.61. The lowest BCUT2D eigenvalue weighted by molar-refractivity contribution is -0.120. The number of amides is 2. The Hall–Kier alpha value is -1.40. The average molecular weight is 284 g/mol. The van der Waals surface area contributed by atoms with Crippen molar-refractivity contribution >= 4 is 23.2 Å². The Bertz CT molecular complexity index is 404. The van der Waals surface area contributed by atoms with Crippen molar-refractivity contribution in [1.82, 2.24) is 10.6 Å². The number of hydrogen-bond donors (Lipinski definition) is 3. The average Bonchev–Trinajstić information content (AvgIpc) is 2.89. The van der Waals surface area contributed by atoms with Gasteiger partial charge in [0.2, 0.25) is 5.91 Å². The van der Waals surface area contributed by atoms with Gasteiger partial charge in [0.05, 0.1) is 17.5 Å². The molecule has 0 saturated carbocycles. The molecule has 0 aromatic carbocycles. The SMILES string of the molecule is CC(C)C(O)CCNC(=O)CNC(=O)c1cccs1. The minimum atomic E-state index is -0.416. The monoisotopic (exact) mass is 284 g/mol. The van der Waals surface area contributed by atoms with Gasteiger partial charge in [0.1, 0.15) is 0 Å². The minimum absolute atomic E-state index is 0.0471. The molecule has 0 fully saturated rings. The predicted octanol–water partition coefficient (Wildman–Crippen LogP) is 1.00. The van der Waals surface area contributed by atoms with Gasteiger partial charge < -0.3 is 15.7 Å². The molecule has 6 heteroatoms. The summed E-state index contributed by atoms with van der Waals surface area (Å²) in [6, 6.07) is 3.49. The van der Waals surface area contributed by atoms with Crippen LogP contribution >= 0.6 is 11.3 Å². The molecule has 1 aromatic rings. The second-order valence-corrected chi connectivity index (χ2v) is 5.56. The number of carbonyl (C=O) groups is 2. The van der Waals surface area contributed by atoms with Crippen molar-refractivity contribution in [3.05, 3.63) is 22.4 Å². The summed E-state index contributed by atoms with van der Waals surface area (Å²) in [7, 11) is 0. The molecule has 106 valence electrons. The van der Waals surface area contributed by atoms with Crippen molar-refractivity contribution in [2.24, 2.45) is 5.92 Å². The van der Waals surface area contributed by atoms with E-state index >= 15 is 0 Å². The molecular weight excluding hydrogens is 264 g/mol. The molecule has 0 aliphatic rings. The Morgan fingerprint density at radius 1 is 1.37 bits per heavy atom. The Labute approximate surface area is 117 Å². The van der Waals surface area contributed by atoms with Crippen LogP contribution in [-0.4, -0.2) is 36.1 Å². The van der Waals surface area contributed by atoms with Gasteiger partial charge in [0.15, 0.2) is 0 Å². The second kappa shape index (κ2) is 7.91. The molecule has 3 N–H and O–H groups in total. The highest BCUT2D eigenvalue weighted by atomic mass is 32.1. The van der Waals surface area contributed by atoms with Gasteiger partial charge in [-0.2, -0.15) is 0 Å². The summed E-state index contributed by atoms with van der Waals surface area (Å²) < 4.78 is 0. The molecule has 0 saturated heterocycles. The summed E-state index contributed by atoms with van der Waals surface area (Å²) in [5, 5.41) is 16.6. The topological polar surface area (TPSA) is 78.4 Å². The fraction of sp³-hybridized carbons (Fsp3) is 0.538. The van der Waals surface area contributed by atoms with E-state index in [0.29, 0.717) is 17.8 Å². The van der Waals surface area contributed by atoms with Crippen LogP contribution in [0.4, 0.5) is 0 Å². The van der Waals surface area contributed by atoms with Crippen LogP contribution in [0.2, 0.25) is 0 Å². The summed E-state index contributed by atoms with van der Waals surface area (Å²) in [5.74, 6) is -0.316. The van der Waals surface area contributed by atoms with Crippen LogP contribution in [0, 0.1) is 5.92 Å². The molecule has 1 aromatic heterocycles. The summed E-state index contributed by atoms with van der Waals surface area (Å²) in [5.41, 5.74) is 0. The van der Waals surface area contributed by atoms with Gasteiger partial charge >= 0.3 is 0 Å². The van der Waals surface area contributed by atoms with E-state index in [-0.39, 0.29) is 24.3 Å². The number of rotatable bonds is 7. The van der Waals surface area contributed by atoms with Crippen LogP contribution in [0.25, 0.3) is 0 Å². The van der Waals surface area contributed by atoms with Gasteiger partial charge in [-0.3, -0.25) is 9.59 Å². The van der Waals surface area contributed by atoms with Gasteiger partial charge in [-0.25, -0.2) is 0 Å². The summed E-state index contributed by atoms with van der Waals surface area (Å²) in [6.07, 6.45) is 0.100.